The van der Waals surface area contributed by atoms with Gasteiger partial charge in [-0.25, -0.2) is 9.59 Å². The highest BCUT2D eigenvalue weighted by molar-refractivity contribution is 9.10. The summed E-state index contributed by atoms with van der Waals surface area (Å²) in [6, 6.07) is 3.63. The van der Waals surface area contributed by atoms with Crippen molar-refractivity contribution >= 4 is 45.4 Å². The van der Waals surface area contributed by atoms with Crippen molar-refractivity contribution in [1.29, 1.82) is 0 Å². The number of carbonyl (C=O) groups is 4. The van der Waals surface area contributed by atoms with E-state index in [0.29, 0.717) is 4.47 Å². The highest BCUT2D eigenvalue weighted by Crippen LogP contribution is 2.21. The van der Waals surface area contributed by atoms with Crippen LogP contribution in [-0.4, -0.2) is 46.9 Å². The van der Waals surface area contributed by atoms with Crippen molar-refractivity contribution in [3.8, 4) is 0 Å². The molecule has 9 heteroatoms. The Labute approximate surface area is 127 Å². The van der Waals surface area contributed by atoms with Gasteiger partial charge in [0, 0.05) is 10.2 Å². The minimum Gasteiger partial charge on any atom is -0.478 e. The quantitative estimate of drug-likeness (QED) is 0.685. The standard InChI is InChI=1S/C12H10BrN3O5/c13-8-2-1-6(3-7(8)11(19)20)15-9(17)5-16-10(18)4-14-12(16)21/h1-3H,4-5H2,(H,14,21)(H,15,17)(H,19,20). The number of anilines is 1. The zero-order valence-corrected chi connectivity index (χ0v) is 12.1. The fourth-order valence-electron chi connectivity index (χ4n) is 1.73. The molecule has 1 aromatic rings. The zero-order valence-electron chi connectivity index (χ0n) is 10.6. The number of hydrogen-bond acceptors (Lipinski definition) is 4. The number of aromatic carboxylic acids is 1. The van der Waals surface area contributed by atoms with Gasteiger partial charge in [0.2, 0.25) is 5.91 Å². The lowest BCUT2D eigenvalue weighted by molar-refractivity contribution is -0.128. The number of carboxylic acid groups (broad SMARTS) is 1. The highest BCUT2D eigenvalue weighted by Gasteiger charge is 2.30. The Bertz CT molecular complexity index is 630. The van der Waals surface area contributed by atoms with E-state index in [1.807, 2.05) is 0 Å². The van der Waals surface area contributed by atoms with Gasteiger partial charge in [0.1, 0.15) is 6.54 Å². The van der Waals surface area contributed by atoms with Crippen molar-refractivity contribution in [3.63, 3.8) is 0 Å². The predicted molar refractivity (Wildman–Crippen MR) is 74.8 cm³/mol. The van der Waals surface area contributed by atoms with Gasteiger partial charge in [-0.3, -0.25) is 14.5 Å². The van der Waals surface area contributed by atoms with Crippen LogP contribution < -0.4 is 10.6 Å². The van der Waals surface area contributed by atoms with E-state index in [1.54, 1.807) is 0 Å². The van der Waals surface area contributed by atoms with Gasteiger partial charge in [-0.1, -0.05) is 0 Å². The number of hydrogen-bond donors (Lipinski definition) is 3. The number of urea groups is 1. The molecule has 0 spiro atoms. The van der Waals surface area contributed by atoms with Crippen LogP contribution in [0.4, 0.5) is 10.5 Å². The molecule has 1 fully saturated rings. The van der Waals surface area contributed by atoms with E-state index in [0.717, 1.165) is 4.90 Å². The number of nitrogens with one attached hydrogen (secondary N) is 2. The van der Waals surface area contributed by atoms with Crippen LogP contribution in [0.15, 0.2) is 22.7 Å². The number of benzene rings is 1. The maximum atomic E-state index is 11.8. The molecule has 0 aliphatic carbocycles. The molecule has 110 valence electrons. The Balaban J connectivity index is 2.06. The number of rotatable bonds is 4. The summed E-state index contributed by atoms with van der Waals surface area (Å²) in [4.78, 5) is 46.2. The predicted octanol–water partition coefficient (Wildman–Crippen LogP) is 0.638. The minimum absolute atomic E-state index is 0.0113. The molecule has 2 rings (SSSR count). The second-order valence-electron chi connectivity index (χ2n) is 4.19. The lowest BCUT2D eigenvalue weighted by Gasteiger charge is -2.12. The summed E-state index contributed by atoms with van der Waals surface area (Å²) in [6.07, 6.45) is 0. The third-order valence-corrected chi connectivity index (χ3v) is 3.41. The first kappa shape index (κ1) is 15.0. The summed E-state index contributed by atoms with van der Waals surface area (Å²) < 4.78 is 0.377. The minimum atomic E-state index is -1.15. The molecule has 1 heterocycles. The molecule has 0 aromatic heterocycles. The van der Waals surface area contributed by atoms with Crippen molar-refractivity contribution in [2.75, 3.05) is 18.4 Å². The lowest BCUT2D eigenvalue weighted by Crippen LogP contribution is -2.38. The van der Waals surface area contributed by atoms with Gasteiger partial charge >= 0.3 is 12.0 Å². The Kier molecular flexibility index (Phi) is 4.22. The van der Waals surface area contributed by atoms with E-state index >= 15 is 0 Å². The number of nitrogens with zero attached hydrogens (tertiary/aromatic N) is 1. The summed E-state index contributed by atoms with van der Waals surface area (Å²) in [5, 5.41) is 13.7. The summed E-state index contributed by atoms with van der Waals surface area (Å²) in [7, 11) is 0. The number of carbonyl (C=O) groups excluding carboxylic acids is 3. The maximum absolute atomic E-state index is 11.8. The molecule has 1 aliphatic rings. The Morgan fingerprint density at radius 1 is 1.38 bits per heavy atom. The first-order valence-electron chi connectivity index (χ1n) is 5.79. The molecule has 1 saturated heterocycles. The third-order valence-electron chi connectivity index (χ3n) is 2.72. The normalized spacial score (nSPS) is 14.0. The van der Waals surface area contributed by atoms with Crippen LogP contribution in [0.25, 0.3) is 0 Å². The summed E-state index contributed by atoms with van der Waals surface area (Å²) in [5.41, 5.74) is 0.246. The van der Waals surface area contributed by atoms with Gasteiger partial charge in [0.05, 0.1) is 12.1 Å². The van der Waals surface area contributed by atoms with Crippen LogP contribution in [0.2, 0.25) is 0 Å². The van der Waals surface area contributed by atoms with Crippen molar-refractivity contribution in [3.05, 3.63) is 28.2 Å². The van der Waals surface area contributed by atoms with E-state index < -0.39 is 30.4 Å². The summed E-state index contributed by atoms with van der Waals surface area (Å²) in [6.45, 7) is -0.559. The largest absolute Gasteiger partial charge is 0.478 e. The van der Waals surface area contributed by atoms with Crippen LogP contribution in [0.1, 0.15) is 10.4 Å². The fourth-order valence-corrected chi connectivity index (χ4v) is 2.14. The first-order valence-corrected chi connectivity index (χ1v) is 6.58. The highest BCUT2D eigenvalue weighted by atomic mass is 79.9. The van der Waals surface area contributed by atoms with Crippen LogP contribution >= 0.6 is 15.9 Å². The van der Waals surface area contributed by atoms with Gasteiger partial charge in [-0.15, -0.1) is 0 Å². The van der Waals surface area contributed by atoms with E-state index in [4.69, 9.17) is 5.11 Å². The van der Waals surface area contributed by atoms with Gasteiger partial charge < -0.3 is 15.7 Å². The second-order valence-corrected chi connectivity index (χ2v) is 5.04. The topological polar surface area (TPSA) is 116 Å². The molecule has 0 saturated carbocycles. The van der Waals surface area contributed by atoms with E-state index in [9.17, 15) is 19.2 Å². The van der Waals surface area contributed by atoms with E-state index in [-0.39, 0.29) is 17.8 Å². The summed E-state index contributed by atoms with van der Waals surface area (Å²) >= 11 is 3.08. The van der Waals surface area contributed by atoms with Gasteiger partial charge in [-0.2, -0.15) is 0 Å². The van der Waals surface area contributed by atoms with Crippen molar-refractivity contribution < 1.29 is 24.3 Å². The van der Waals surface area contributed by atoms with Crippen LogP contribution in [0.5, 0.6) is 0 Å². The molecular formula is C12H10BrN3O5. The molecular weight excluding hydrogens is 346 g/mol. The van der Waals surface area contributed by atoms with Gasteiger partial charge in [0.25, 0.3) is 5.91 Å². The van der Waals surface area contributed by atoms with E-state index in [2.05, 4.69) is 26.6 Å². The Hall–Kier alpha value is -2.42. The van der Waals surface area contributed by atoms with Crippen LogP contribution in [0, 0.1) is 0 Å². The molecule has 0 bridgehead atoms. The number of amides is 4. The van der Waals surface area contributed by atoms with E-state index in [1.165, 1.54) is 18.2 Å². The second kappa shape index (κ2) is 5.92. The van der Waals surface area contributed by atoms with Crippen molar-refractivity contribution in [2.24, 2.45) is 0 Å². The van der Waals surface area contributed by atoms with Crippen LogP contribution in [-0.2, 0) is 9.59 Å². The molecule has 8 nitrogen and oxygen atoms in total. The average Bonchev–Trinajstić information content (AvgIpc) is 2.72. The van der Waals surface area contributed by atoms with Crippen molar-refractivity contribution in [1.82, 2.24) is 10.2 Å². The van der Waals surface area contributed by atoms with Crippen LogP contribution in [0.3, 0.4) is 0 Å². The Morgan fingerprint density at radius 2 is 2.10 bits per heavy atom. The molecule has 3 N–H and O–H groups in total. The molecule has 21 heavy (non-hydrogen) atoms. The Morgan fingerprint density at radius 3 is 2.67 bits per heavy atom. The smallest absolute Gasteiger partial charge is 0.336 e. The molecule has 1 aliphatic heterocycles. The monoisotopic (exact) mass is 355 g/mol. The molecule has 1 aromatic carbocycles. The lowest BCUT2D eigenvalue weighted by atomic mass is 10.2. The third kappa shape index (κ3) is 3.37. The number of halogens is 1. The van der Waals surface area contributed by atoms with Gasteiger partial charge in [0.15, 0.2) is 0 Å². The number of imide groups is 1. The van der Waals surface area contributed by atoms with Gasteiger partial charge in [-0.05, 0) is 34.1 Å². The molecule has 0 radical (unpaired) electrons. The summed E-state index contributed by atoms with van der Waals surface area (Å²) in [5.74, 6) is -2.23. The average molecular weight is 356 g/mol. The zero-order chi connectivity index (χ0) is 15.6. The van der Waals surface area contributed by atoms with Crippen molar-refractivity contribution in [2.45, 2.75) is 0 Å². The fraction of sp³-hybridized carbons (Fsp3) is 0.167. The molecule has 4 amide bonds. The SMILES string of the molecule is O=C(CN1C(=O)CNC1=O)Nc1ccc(Br)c(C(=O)O)c1. The molecule has 0 unspecified atom stereocenters. The maximum Gasteiger partial charge on any atom is 0.336 e. The number of carboxylic acids is 1. The first-order chi connectivity index (χ1) is 9.88. The molecule has 0 atom stereocenters.